The SMILES string of the molecule is CN1C(=O)CC(Nc2ncccc2C#N)C1=O. The number of carbonyl (C=O) groups is 2. The zero-order valence-corrected chi connectivity index (χ0v) is 9.17. The summed E-state index contributed by atoms with van der Waals surface area (Å²) in [4.78, 5) is 28.0. The summed E-state index contributed by atoms with van der Waals surface area (Å²) < 4.78 is 0. The van der Waals surface area contributed by atoms with Crippen LogP contribution in [0.3, 0.4) is 0 Å². The Bertz CT molecular complexity index is 520. The molecule has 6 nitrogen and oxygen atoms in total. The van der Waals surface area contributed by atoms with Crippen molar-refractivity contribution in [1.82, 2.24) is 9.88 Å². The lowest BCUT2D eigenvalue weighted by molar-refractivity contribution is -0.136. The Kier molecular flexibility index (Phi) is 2.75. The quantitative estimate of drug-likeness (QED) is 0.729. The monoisotopic (exact) mass is 230 g/mol. The first-order valence-electron chi connectivity index (χ1n) is 5.05. The van der Waals surface area contributed by atoms with Crippen LogP contribution in [0.5, 0.6) is 0 Å². The Labute approximate surface area is 97.9 Å². The van der Waals surface area contributed by atoms with Crippen LogP contribution < -0.4 is 5.32 Å². The molecule has 1 aliphatic heterocycles. The molecule has 2 rings (SSSR count). The minimum Gasteiger partial charge on any atom is -0.357 e. The number of nitriles is 1. The van der Waals surface area contributed by atoms with Gasteiger partial charge in [-0.05, 0) is 12.1 Å². The van der Waals surface area contributed by atoms with Crippen LogP contribution in [0.25, 0.3) is 0 Å². The van der Waals surface area contributed by atoms with Gasteiger partial charge in [-0.3, -0.25) is 14.5 Å². The van der Waals surface area contributed by atoms with Crippen LogP contribution >= 0.6 is 0 Å². The molecule has 0 aliphatic carbocycles. The van der Waals surface area contributed by atoms with Crippen LogP contribution in [0.4, 0.5) is 5.82 Å². The summed E-state index contributed by atoms with van der Waals surface area (Å²) in [6.45, 7) is 0. The first-order chi connectivity index (χ1) is 8.13. The van der Waals surface area contributed by atoms with E-state index in [-0.39, 0.29) is 18.2 Å². The van der Waals surface area contributed by atoms with E-state index >= 15 is 0 Å². The van der Waals surface area contributed by atoms with E-state index in [1.807, 2.05) is 6.07 Å². The summed E-state index contributed by atoms with van der Waals surface area (Å²) in [7, 11) is 1.44. The number of hydrogen-bond donors (Lipinski definition) is 1. The number of amides is 2. The fourth-order valence-corrected chi connectivity index (χ4v) is 1.64. The number of nitrogens with zero attached hydrogens (tertiary/aromatic N) is 3. The molecule has 6 heteroatoms. The second-order valence-electron chi connectivity index (χ2n) is 3.70. The number of likely N-dealkylation sites (N-methyl/N-ethyl adjacent to an activating group) is 1. The van der Waals surface area contributed by atoms with E-state index in [4.69, 9.17) is 5.26 Å². The van der Waals surface area contributed by atoms with E-state index in [0.29, 0.717) is 11.4 Å². The molecule has 1 fully saturated rings. The molecule has 1 aromatic heterocycles. The lowest BCUT2D eigenvalue weighted by Crippen LogP contribution is -2.32. The highest BCUT2D eigenvalue weighted by Crippen LogP contribution is 2.17. The Hall–Kier alpha value is -2.42. The third-order valence-corrected chi connectivity index (χ3v) is 2.62. The molecule has 0 bridgehead atoms. The second kappa shape index (κ2) is 4.22. The molecule has 1 N–H and O–H groups in total. The van der Waals surface area contributed by atoms with Crippen LogP contribution in [0.1, 0.15) is 12.0 Å². The number of likely N-dealkylation sites (tertiary alicyclic amines) is 1. The summed E-state index contributed by atoms with van der Waals surface area (Å²) >= 11 is 0. The fraction of sp³-hybridized carbons (Fsp3) is 0.273. The van der Waals surface area contributed by atoms with Crippen molar-refractivity contribution < 1.29 is 9.59 Å². The molecule has 0 saturated carbocycles. The molecule has 0 aromatic carbocycles. The molecule has 17 heavy (non-hydrogen) atoms. The summed E-state index contributed by atoms with van der Waals surface area (Å²) in [5.41, 5.74) is 0.349. The molecule has 1 saturated heterocycles. The molecule has 2 heterocycles. The Morgan fingerprint density at radius 2 is 2.35 bits per heavy atom. The van der Waals surface area contributed by atoms with E-state index in [9.17, 15) is 9.59 Å². The molecule has 2 amide bonds. The van der Waals surface area contributed by atoms with Gasteiger partial charge in [-0.15, -0.1) is 0 Å². The first kappa shape index (κ1) is 11.1. The maximum absolute atomic E-state index is 11.7. The zero-order valence-electron chi connectivity index (χ0n) is 9.17. The maximum atomic E-state index is 11.7. The van der Waals surface area contributed by atoms with Crippen molar-refractivity contribution in [3.8, 4) is 6.07 Å². The number of anilines is 1. The minimum atomic E-state index is -0.630. The largest absolute Gasteiger partial charge is 0.357 e. The average Bonchev–Trinajstić information content (AvgIpc) is 2.58. The number of nitrogens with one attached hydrogen (secondary N) is 1. The Balaban J connectivity index is 2.20. The van der Waals surface area contributed by atoms with E-state index < -0.39 is 6.04 Å². The lowest BCUT2D eigenvalue weighted by atomic mass is 10.2. The molecule has 1 unspecified atom stereocenters. The van der Waals surface area contributed by atoms with Gasteiger partial charge in [0.1, 0.15) is 17.9 Å². The predicted molar refractivity (Wildman–Crippen MR) is 58.8 cm³/mol. The smallest absolute Gasteiger partial charge is 0.251 e. The van der Waals surface area contributed by atoms with Gasteiger partial charge in [-0.1, -0.05) is 0 Å². The Morgan fingerprint density at radius 1 is 1.59 bits per heavy atom. The topological polar surface area (TPSA) is 86.1 Å². The number of aromatic nitrogens is 1. The molecule has 1 atom stereocenters. The highest BCUT2D eigenvalue weighted by atomic mass is 16.2. The van der Waals surface area contributed by atoms with Crippen molar-refractivity contribution in [3.63, 3.8) is 0 Å². The van der Waals surface area contributed by atoms with Crippen molar-refractivity contribution in [2.24, 2.45) is 0 Å². The third-order valence-electron chi connectivity index (χ3n) is 2.62. The lowest BCUT2D eigenvalue weighted by Gasteiger charge is -2.12. The molecular weight excluding hydrogens is 220 g/mol. The van der Waals surface area contributed by atoms with E-state index in [1.54, 1.807) is 12.1 Å². The molecule has 0 radical (unpaired) electrons. The molecular formula is C11H10N4O2. The Morgan fingerprint density at radius 3 is 2.94 bits per heavy atom. The highest BCUT2D eigenvalue weighted by molar-refractivity contribution is 6.06. The standard InChI is InChI=1S/C11H10N4O2/c1-15-9(16)5-8(11(15)17)14-10-7(6-12)3-2-4-13-10/h2-4,8H,5H2,1H3,(H,13,14). The fourth-order valence-electron chi connectivity index (χ4n) is 1.64. The third kappa shape index (κ3) is 1.95. The summed E-state index contributed by atoms with van der Waals surface area (Å²) in [5, 5.41) is 11.7. The van der Waals surface area contributed by atoms with Crippen LogP contribution in [-0.4, -0.2) is 34.8 Å². The van der Waals surface area contributed by atoms with Gasteiger partial charge < -0.3 is 5.32 Å². The van der Waals surface area contributed by atoms with Gasteiger partial charge >= 0.3 is 0 Å². The van der Waals surface area contributed by atoms with Gasteiger partial charge in [-0.2, -0.15) is 5.26 Å². The van der Waals surface area contributed by atoms with Crippen LogP contribution in [-0.2, 0) is 9.59 Å². The second-order valence-corrected chi connectivity index (χ2v) is 3.70. The van der Waals surface area contributed by atoms with Gasteiger partial charge in [0.2, 0.25) is 5.91 Å². The van der Waals surface area contributed by atoms with Gasteiger partial charge in [0.05, 0.1) is 12.0 Å². The van der Waals surface area contributed by atoms with Crippen molar-refractivity contribution in [1.29, 1.82) is 5.26 Å². The number of imide groups is 1. The number of carbonyl (C=O) groups excluding carboxylic acids is 2. The summed E-state index contributed by atoms with van der Waals surface area (Å²) in [6.07, 6.45) is 1.62. The summed E-state index contributed by atoms with van der Waals surface area (Å²) in [6, 6.07) is 4.58. The van der Waals surface area contributed by atoms with Crippen molar-refractivity contribution in [2.75, 3.05) is 12.4 Å². The zero-order chi connectivity index (χ0) is 12.4. The van der Waals surface area contributed by atoms with Crippen molar-refractivity contribution in [2.45, 2.75) is 12.5 Å². The minimum absolute atomic E-state index is 0.0940. The number of hydrogen-bond acceptors (Lipinski definition) is 5. The van der Waals surface area contributed by atoms with E-state index in [0.717, 1.165) is 4.90 Å². The highest BCUT2D eigenvalue weighted by Gasteiger charge is 2.36. The van der Waals surface area contributed by atoms with Crippen molar-refractivity contribution >= 4 is 17.6 Å². The van der Waals surface area contributed by atoms with E-state index in [2.05, 4.69) is 10.3 Å². The maximum Gasteiger partial charge on any atom is 0.251 e. The van der Waals surface area contributed by atoms with Gasteiger partial charge in [0.25, 0.3) is 5.91 Å². The molecule has 0 spiro atoms. The van der Waals surface area contributed by atoms with E-state index in [1.165, 1.54) is 13.2 Å². The van der Waals surface area contributed by atoms with Gasteiger partial charge in [0.15, 0.2) is 0 Å². The molecule has 86 valence electrons. The van der Waals surface area contributed by atoms with Crippen LogP contribution in [0.15, 0.2) is 18.3 Å². The number of rotatable bonds is 2. The van der Waals surface area contributed by atoms with Crippen molar-refractivity contribution in [3.05, 3.63) is 23.9 Å². The van der Waals surface area contributed by atoms with Gasteiger partial charge in [-0.25, -0.2) is 4.98 Å². The average molecular weight is 230 g/mol. The summed E-state index contributed by atoms with van der Waals surface area (Å²) in [5.74, 6) is -0.206. The first-order valence-corrected chi connectivity index (χ1v) is 5.05. The predicted octanol–water partition coefficient (Wildman–Crippen LogP) is 0.122. The van der Waals surface area contributed by atoms with Gasteiger partial charge in [0, 0.05) is 13.2 Å². The van der Waals surface area contributed by atoms with Crippen LogP contribution in [0.2, 0.25) is 0 Å². The number of pyridine rings is 1. The van der Waals surface area contributed by atoms with Crippen LogP contribution in [0, 0.1) is 11.3 Å². The normalized spacial score (nSPS) is 19.3. The molecule has 1 aliphatic rings. The molecule has 1 aromatic rings.